The van der Waals surface area contributed by atoms with E-state index in [0.717, 1.165) is 33.4 Å². The first-order chi connectivity index (χ1) is 26.1. The molecule has 6 aromatic carbocycles. The maximum Gasteiger partial charge on any atom is 0.241 e. The standard InChI is InChI=1S/C44H46N4O4S2/c1-33-23-27-39(28-24-33)53(49,50)47-41(35-15-7-3-8-16-35)31-45-43(37-19-11-5-12-20-37)44(38-21-13-6-14-22-38)46-32-42(36-17-9-4-10-18-36)48-54(51,52)40-29-25-34(2)26-30-40/h3-30,41-48H,31-32H2,1-2H3/t41-,42-,43+,44+/m0/s1. The van der Waals surface area contributed by atoms with E-state index in [1.807, 2.05) is 135 Å². The van der Waals surface area contributed by atoms with Gasteiger partial charge in [-0.3, -0.25) is 0 Å². The van der Waals surface area contributed by atoms with Crippen LogP contribution in [0.1, 0.15) is 57.5 Å². The van der Waals surface area contributed by atoms with Gasteiger partial charge >= 0.3 is 0 Å². The molecule has 0 aromatic heterocycles. The quantitative estimate of drug-likeness (QED) is 0.0758. The zero-order chi connectivity index (χ0) is 38.0. The van der Waals surface area contributed by atoms with Crippen LogP contribution in [0.25, 0.3) is 0 Å². The molecule has 6 aromatic rings. The molecular weight excluding hydrogens is 713 g/mol. The van der Waals surface area contributed by atoms with Crippen molar-refractivity contribution in [2.24, 2.45) is 0 Å². The van der Waals surface area contributed by atoms with Gasteiger partial charge in [-0.2, -0.15) is 0 Å². The molecule has 0 radical (unpaired) electrons. The topological polar surface area (TPSA) is 116 Å². The van der Waals surface area contributed by atoms with E-state index in [2.05, 4.69) is 20.1 Å². The van der Waals surface area contributed by atoms with Crippen LogP contribution in [-0.4, -0.2) is 29.9 Å². The minimum absolute atomic E-state index is 0.192. The Hall–Kier alpha value is -4.94. The summed E-state index contributed by atoms with van der Waals surface area (Å²) < 4.78 is 60.9. The van der Waals surface area contributed by atoms with Gasteiger partial charge in [-0.15, -0.1) is 0 Å². The van der Waals surface area contributed by atoms with Crippen LogP contribution in [0.2, 0.25) is 0 Å². The summed E-state index contributed by atoms with van der Waals surface area (Å²) in [5.41, 5.74) is 5.51. The highest BCUT2D eigenvalue weighted by Crippen LogP contribution is 2.31. The van der Waals surface area contributed by atoms with E-state index >= 15 is 0 Å². The van der Waals surface area contributed by atoms with Gasteiger partial charge in [0.1, 0.15) is 0 Å². The van der Waals surface area contributed by atoms with Gasteiger partial charge < -0.3 is 10.6 Å². The van der Waals surface area contributed by atoms with Crippen LogP contribution in [0.3, 0.4) is 0 Å². The molecule has 0 amide bonds. The molecule has 4 atom stereocenters. The van der Waals surface area contributed by atoms with Crippen molar-refractivity contribution in [2.45, 2.75) is 47.8 Å². The fourth-order valence-corrected chi connectivity index (χ4v) is 8.89. The molecule has 8 nitrogen and oxygen atoms in total. The largest absolute Gasteiger partial charge is 0.306 e. The second kappa shape index (κ2) is 17.9. The third-order valence-electron chi connectivity index (χ3n) is 9.40. The summed E-state index contributed by atoms with van der Waals surface area (Å²) in [4.78, 5) is 0.384. The summed E-state index contributed by atoms with van der Waals surface area (Å²) in [5.74, 6) is 0. The lowest BCUT2D eigenvalue weighted by Crippen LogP contribution is -2.43. The Balaban J connectivity index is 1.33. The van der Waals surface area contributed by atoms with E-state index in [0.29, 0.717) is 0 Å². The first-order valence-electron chi connectivity index (χ1n) is 17.9. The molecular formula is C44H46N4O4S2. The van der Waals surface area contributed by atoms with Crippen LogP contribution in [0.5, 0.6) is 0 Å². The summed E-state index contributed by atoms with van der Waals surface area (Å²) >= 11 is 0. The van der Waals surface area contributed by atoms with E-state index in [1.165, 1.54) is 0 Å². The molecule has 0 aliphatic carbocycles. The Bertz CT molecular complexity index is 2110. The lowest BCUT2D eigenvalue weighted by Gasteiger charge is -2.33. The molecule has 0 unspecified atom stereocenters. The van der Waals surface area contributed by atoms with Gasteiger partial charge in [0.15, 0.2) is 0 Å². The zero-order valence-electron chi connectivity index (χ0n) is 30.3. The van der Waals surface area contributed by atoms with E-state index < -0.39 is 32.1 Å². The minimum Gasteiger partial charge on any atom is -0.306 e. The molecule has 0 bridgehead atoms. The van der Waals surface area contributed by atoms with E-state index in [-0.39, 0.29) is 35.0 Å². The van der Waals surface area contributed by atoms with Crippen LogP contribution >= 0.6 is 0 Å². The molecule has 0 spiro atoms. The maximum absolute atomic E-state index is 13.7. The molecule has 0 aliphatic heterocycles. The highest BCUT2D eigenvalue weighted by Gasteiger charge is 2.30. The van der Waals surface area contributed by atoms with Crippen LogP contribution < -0.4 is 20.1 Å². The van der Waals surface area contributed by atoms with Gasteiger partial charge in [0.05, 0.1) is 34.0 Å². The average molecular weight is 759 g/mol. The number of rotatable bonds is 17. The van der Waals surface area contributed by atoms with Crippen molar-refractivity contribution in [3.8, 4) is 0 Å². The number of sulfonamides is 2. The molecule has 278 valence electrons. The number of hydrogen-bond acceptors (Lipinski definition) is 6. The Morgan fingerprint density at radius 3 is 0.963 bits per heavy atom. The van der Waals surface area contributed by atoms with Gasteiger partial charge in [-0.1, -0.05) is 157 Å². The molecule has 10 heteroatoms. The van der Waals surface area contributed by atoms with Crippen molar-refractivity contribution < 1.29 is 16.8 Å². The van der Waals surface area contributed by atoms with Gasteiger partial charge in [0.25, 0.3) is 0 Å². The molecule has 6 rings (SSSR count). The highest BCUT2D eigenvalue weighted by molar-refractivity contribution is 7.89. The normalized spacial score (nSPS) is 14.2. The van der Waals surface area contributed by atoms with Crippen molar-refractivity contribution in [3.05, 3.63) is 203 Å². The van der Waals surface area contributed by atoms with E-state index in [4.69, 9.17) is 0 Å². The Kier molecular flexibility index (Phi) is 12.9. The van der Waals surface area contributed by atoms with Crippen LogP contribution in [0.15, 0.2) is 180 Å². The van der Waals surface area contributed by atoms with Gasteiger partial charge in [0.2, 0.25) is 20.0 Å². The van der Waals surface area contributed by atoms with E-state index in [9.17, 15) is 16.8 Å². The van der Waals surface area contributed by atoms with Crippen molar-refractivity contribution in [3.63, 3.8) is 0 Å². The molecule has 0 saturated heterocycles. The van der Waals surface area contributed by atoms with Crippen LogP contribution in [-0.2, 0) is 20.0 Å². The predicted molar refractivity (Wildman–Crippen MR) is 216 cm³/mol. The summed E-state index contributed by atoms with van der Waals surface area (Å²) in [5, 5.41) is 7.46. The SMILES string of the molecule is Cc1ccc(S(=O)(=O)N[C@@H](CN[C@H](c2ccccc2)[C@H](NC[C@H](NS(=O)(=O)c2ccc(C)cc2)c2ccccc2)c2ccccc2)c2ccccc2)cc1. The second-order valence-corrected chi connectivity index (χ2v) is 16.8. The number of benzene rings is 6. The average Bonchev–Trinajstić information content (AvgIpc) is 3.19. The molecule has 4 N–H and O–H groups in total. The fourth-order valence-electron chi connectivity index (χ4n) is 6.44. The first-order valence-corrected chi connectivity index (χ1v) is 20.9. The molecule has 54 heavy (non-hydrogen) atoms. The Morgan fingerprint density at radius 1 is 0.389 bits per heavy atom. The van der Waals surface area contributed by atoms with Crippen LogP contribution in [0.4, 0.5) is 0 Å². The Labute approximate surface area is 319 Å². The first kappa shape index (κ1) is 38.8. The van der Waals surface area contributed by atoms with Crippen molar-refractivity contribution >= 4 is 20.0 Å². The summed E-state index contributed by atoms with van der Waals surface area (Å²) in [6.45, 7) is 4.34. The number of nitrogens with one attached hydrogen (secondary N) is 4. The monoisotopic (exact) mass is 758 g/mol. The second-order valence-electron chi connectivity index (χ2n) is 13.4. The summed E-state index contributed by atoms with van der Waals surface area (Å²) in [6.07, 6.45) is 0. The van der Waals surface area contributed by atoms with E-state index in [1.54, 1.807) is 48.5 Å². The fraction of sp³-hybridized carbons (Fsp3) is 0.182. The van der Waals surface area contributed by atoms with Crippen molar-refractivity contribution in [1.29, 1.82) is 0 Å². The van der Waals surface area contributed by atoms with Crippen LogP contribution in [0, 0.1) is 13.8 Å². The van der Waals surface area contributed by atoms with Gasteiger partial charge in [-0.25, -0.2) is 26.3 Å². The molecule has 0 aliphatic rings. The molecule has 0 saturated carbocycles. The third-order valence-corrected chi connectivity index (χ3v) is 12.4. The van der Waals surface area contributed by atoms with Crippen molar-refractivity contribution in [2.75, 3.05) is 13.1 Å². The maximum atomic E-state index is 13.7. The van der Waals surface area contributed by atoms with Gasteiger partial charge in [0, 0.05) is 13.1 Å². The number of aryl methyl sites for hydroxylation is 2. The lowest BCUT2D eigenvalue weighted by molar-refractivity contribution is 0.359. The molecule has 0 heterocycles. The summed E-state index contributed by atoms with van der Waals surface area (Å²) in [6, 6.07) is 50.7. The van der Waals surface area contributed by atoms with Crippen molar-refractivity contribution in [1.82, 2.24) is 20.1 Å². The predicted octanol–water partition coefficient (Wildman–Crippen LogP) is 7.70. The van der Waals surface area contributed by atoms with Gasteiger partial charge in [-0.05, 0) is 60.4 Å². The Morgan fingerprint density at radius 2 is 0.667 bits per heavy atom. The summed E-state index contributed by atoms with van der Waals surface area (Å²) in [7, 11) is -7.75. The molecule has 0 fully saturated rings. The third kappa shape index (κ3) is 10.2. The highest BCUT2D eigenvalue weighted by atomic mass is 32.2. The number of hydrogen-bond donors (Lipinski definition) is 4. The lowest BCUT2D eigenvalue weighted by atomic mass is 9.92. The smallest absolute Gasteiger partial charge is 0.241 e. The minimum atomic E-state index is -3.87. The zero-order valence-corrected chi connectivity index (χ0v) is 32.0.